The SMILES string of the molecule is NC(=S)NN=Cc1c(O)cc(O)cc1CCl. The zero-order valence-corrected chi connectivity index (χ0v) is 9.72. The van der Waals surface area contributed by atoms with Crippen LogP contribution in [0.3, 0.4) is 0 Å². The summed E-state index contributed by atoms with van der Waals surface area (Å²) in [5.74, 6) is -0.0483. The van der Waals surface area contributed by atoms with Gasteiger partial charge in [-0.3, -0.25) is 5.43 Å². The number of nitrogens with two attached hydrogens (primary N) is 1. The van der Waals surface area contributed by atoms with Crippen molar-refractivity contribution in [3.8, 4) is 11.5 Å². The van der Waals surface area contributed by atoms with Gasteiger partial charge in [0.05, 0.1) is 6.21 Å². The number of aromatic hydroxyl groups is 2. The Morgan fingerprint density at radius 1 is 1.56 bits per heavy atom. The molecule has 0 radical (unpaired) electrons. The van der Waals surface area contributed by atoms with Gasteiger partial charge in [0.1, 0.15) is 11.5 Å². The highest BCUT2D eigenvalue weighted by Crippen LogP contribution is 2.26. The van der Waals surface area contributed by atoms with Crippen LogP contribution in [0.2, 0.25) is 0 Å². The summed E-state index contributed by atoms with van der Waals surface area (Å²) in [5.41, 5.74) is 8.46. The molecule has 0 amide bonds. The number of hydrogen-bond acceptors (Lipinski definition) is 4. The fourth-order valence-corrected chi connectivity index (χ4v) is 1.37. The summed E-state index contributed by atoms with van der Waals surface area (Å²) >= 11 is 10.2. The van der Waals surface area contributed by atoms with Crippen LogP contribution in [-0.2, 0) is 5.88 Å². The summed E-state index contributed by atoms with van der Waals surface area (Å²) in [6.45, 7) is 0. The lowest BCUT2D eigenvalue weighted by Crippen LogP contribution is -2.24. The van der Waals surface area contributed by atoms with Gasteiger partial charge in [-0.05, 0) is 23.8 Å². The topological polar surface area (TPSA) is 90.9 Å². The number of phenols is 2. The second-order valence-electron chi connectivity index (χ2n) is 2.91. The molecule has 1 rings (SSSR count). The minimum absolute atomic E-state index is 0.0157. The van der Waals surface area contributed by atoms with E-state index in [1.165, 1.54) is 18.3 Å². The number of nitrogens with one attached hydrogen (secondary N) is 1. The maximum Gasteiger partial charge on any atom is 0.184 e. The molecule has 0 unspecified atom stereocenters. The molecule has 7 heteroatoms. The molecule has 0 atom stereocenters. The molecule has 86 valence electrons. The Bertz CT molecular complexity index is 437. The molecule has 0 fully saturated rings. The number of halogens is 1. The molecule has 0 bridgehead atoms. The number of hydrazone groups is 1. The summed E-state index contributed by atoms with van der Waals surface area (Å²) in [5, 5.41) is 22.5. The van der Waals surface area contributed by atoms with Crippen molar-refractivity contribution in [3.05, 3.63) is 23.3 Å². The van der Waals surface area contributed by atoms with Crippen LogP contribution in [0.4, 0.5) is 0 Å². The molecule has 0 saturated carbocycles. The lowest BCUT2D eigenvalue weighted by molar-refractivity contribution is 0.449. The van der Waals surface area contributed by atoms with Crippen molar-refractivity contribution in [1.82, 2.24) is 5.43 Å². The average molecular weight is 260 g/mol. The molecule has 5 nitrogen and oxygen atoms in total. The van der Waals surface area contributed by atoms with Gasteiger partial charge in [0, 0.05) is 17.5 Å². The number of alkyl halides is 1. The van der Waals surface area contributed by atoms with Crippen molar-refractivity contribution in [3.63, 3.8) is 0 Å². The average Bonchev–Trinajstić information content (AvgIpc) is 2.20. The van der Waals surface area contributed by atoms with Crippen LogP contribution >= 0.6 is 23.8 Å². The molecule has 1 aromatic carbocycles. The zero-order chi connectivity index (χ0) is 12.1. The molecule has 0 saturated heterocycles. The van der Waals surface area contributed by atoms with Crippen LogP contribution in [0.15, 0.2) is 17.2 Å². The first kappa shape index (κ1) is 12.5. The molecule has 16 heavy (non-hydrogen) atoms. The van der Waals surface area contributed by atoms with E-state index in [1.54, 1.807) is 0 Å². The maximum atomic E-state index is 9.57. The lowest BCUT2D eigenvalue weighted by atomic mass is 10.1. The highest BCUT2D eigenvalue weighted by Gasteiger charge is 2.07. The van der Waals surface area contributed by atoms with Gasteiger partial charge in [0.15, 0.2) is 5.11 Å². The lowest BCUT2D eigenvalue weighted by Gasteiger charge is -2.05. The second kappa shape index (κ2) is 5.53. The molecule has 0 aliphatic heterocycles. The standard InChI is InChI=1S/C9H10ClN3O2S/c10-3-5-1-6(14)2-8(15)7(5)4-12-13-9(11)16/h1-2,4,14-15H,3H2,(H3,11,13,16). The van der Waals surface area contributed by atoms with Gasteiger partial charge < -0.3 is 15.9 Å². The van der Waals surface area contributed by atoms with Gasteiger partial charge >= 0.3 is 0 Å². The van der Waals surface area contributed by atoms with E-state index in [-0.39, 0.29) is 22.5 Å². The molecular weight excluding hydrogens is 250 g/mol. The van der Waals surface area contributed by atoms with Crippen LogP contribution in [-0.4, -0.2) is 21.5 Å². The highest BCUT2D eigenvalue weighted by atomic mass is 35.5. The van der Waals surface area contributed by atoms with Crippen LogP contribution in [0.5, 0.6) is 11.5 Å². The second-order valence-corrected chi connectivity index (χ2v) is 3.61. The zero-order valence-electron chi connectivity index (χ0n) is 8.14. The van der Waals surface area contributed by atoms with Crippen LogP contribution < -0.4 is 11.2 Å². The molecule has 0 aliphatic rings. The van der Waals surface area contributed by atoms with E-state index in [0.29, 0.717) is 11.1 Å². The molecule has 0 aliphatic carbocycles. The van der Waals surface area contributed by atoms with Crippen molar-refractivity contribution in [2.45, 2.75) is 5.88 Å². The van der Waals surface area contributed by atoms with E-state index in [0.717, 1.165) is 0 Å². The minimum atomic E-state index is -0.121. The molecule has 5 N–H and O–H groups in total. The minimum Gasteiger partial charge on any atom is -0.508 e. The summed E-state index contributed by atoms with van der Waals surface area (Å²) in [6.07, 6.45) is 1.33. The third kappa shape index (κ3) is 3.25. The van der Waals surface area contributed by atoms with E-state index >= 15 is 0 Å². The number of benzene rings is 1. The Morgan fingerprint density at radius 2 is 2.25 bits per heavy atom. The van der Waals surface area contributed by atoms with Gasteiger partial charge in [-0.2, -0.15) is 5.10 Å². The van der Waals surface area contributed by atoms with E-state index in [2.05, 4.69) is 22.7 Å². The predicted octanol–water partition coefficient (Wildman–Crippen LogP) is 1.00. The Kier molecular flexibility index (Phi) is 4.33. The van der Waals surface area contributed by atoms with Crippen LogP contribution in [0.1, 0.15) is 11.1 Å². The number of rotatable bonds is 3. The number of phenolic OH excluding ortho intramolecular Hbond substituents is 2. The first-order chi connectivity index (χ1) is 7.54. The molecule has 1 aromatic rings. The van der Waals surface area contributed by atoms with E-state index in [1.807, 2.05) is 0 Å². The molecule has 0 spiro atoms. The summed E-state index contributed by atoms with van der Waals surface area (Å²) in [7, 11) is 0. The smallest absolute Gasteiger partial charge is 0.184 e. The monoisotopic (exact) mass is 259 g/mol. The van der Waals surface area contributed by atoms with Gasteiger partial charge in [-0.15, -0.1) is 11.6 Å². The third-order valence-electron chi connectivity index (χ3n) is 1.74. The first-order valence-electron chi connectivity index (χ1n) is 4.24. The van der Waals surface area contributed by atoms with Gasteiger partial charge in [0.25, 0.3) is 0 Å². The quantitative estimate of drug-likeness (QED) is 0.281. The number of nitrogens with zero attached hydrogens (tertiary/aromatic N) is 1. The maximum absolute atomic E-state index is 9.57. The van der Waals surface area contributed by atoms with Crippen LogP contribution in [0, 0.1) is 0 Å². The number of hydrogen-bond donors (Lipinski definition) is 4. The summed E-state index contributed by atoms with van der Waals surface area (Å²) in [6, 6.07) is 2.63. The summed E-state index contributed by atoms with van der Waals surface area (Å²) < 4.78 is 0. The van der Waals surface area contributed by atoms with Crippen LogP contribution in [0.25, 0.3) is 0 Å². The molecule has 0 aromatic heterocycles. The highest BCUT2D eigenvalue weighted by molar-refractivity contribution is 7.80. The van der Waals surface area contributed by atoms with Gasteiger partial charge in [0.2, 0.25) is 0 Å². The van der Waals surface area contributed by atoms with E-state index in [4.69, 9.17) is 17.3 Å². The van der Waals surface area contributed by atoms with Crippen molar-refractivity contribution in [2.24, 2.45) is 10.8 Å². The summed E-state index contributed by atoms with van der Waals surface area (Å²) in [4.78, 5) is 0. The fourth-order valence-electron chi connectivity index (χ4n) is 1.10. The Morgan fingerprint density at radius 3 is 2.81 bits per heavy atom. The Labute approximate surface area is 103 Å². The van der Waals surface area contributed by atoms with Crippen molar-refractivity contribution in [1.29, 1.82) is 0 Å². The van der Waals surface area contributed by atoms with Gasteiger partial charge in [-0.1, -0.05) is 0 Å². The Balaban J connectivity index is 3.02. The normalized spacial score (nSPS) is 10.6. The largest absolute Gasteiger partial charge is 0.508 e. The Hall–Kier alpha value is -1.53. The number of thiocarbonyl (C=S) groups is 1. The van der Waals surface area contributed by atoms with E-state index < -0.39 is 0 Å². The van der Waals surface area contributed by atoms with Crippen molar-refractivity contribution < 1.29 is 10.2 Å². The van der Waals surface area contributed by atoms with Crippen molar-refractivity contribution >= 4 is 35.1 Å². The molecular formula is C9H10ClN3O2S. The van der Waals surface area contributed by atoms with Gasteiger partial charge in [-0.25, -0.2) is 0 Å². The molecule has 0 heterocycles. The third-order valence-corrected chi connectivity index (χ3v) is 2.12. The first-order valence-corrected chi connectivity index (χ1v) is 5.18. The fraction of sp³-hybridized carbons (Fsp3) is 0.111. The van der Waals surface area contributed by atoms with Crippen molar-refractivity contribution in [2.75, 3.05) is 0 Å². The predicted molar refractivity (Wildman–Crippen MR) is 66.8 cm³/mol. The van der Waals surface area contributed by atoms with E-state index in [9.17, 15) is 10.2 Å².